The Kier molecular flexibility index (Phi) is 8.18. The van der Waals surface area contributed by atoms with Crippen LogP contribution >= 0.6 is 0 Å². The van der Waals surface area contributed by atoms with Gasteiger partial charge in [-0.3, -0.25) is 14.7 Å². The van der Waals surface area contributed by atoms with Crippen molar-refractivity contribution in [3.8, 4) is 0 Å². The van der Waals surface area contributed by atoms with Crippen LogP contribution in [0.2, 0.25) is 0 Å². The zero-order valence-electron chi connectivity index (χ0n) is 17.0. The van der Waals surface area contributed by atoms with E-state index in [9.17, 15) is 4.79 Å². The van der Waals surface area contributed by atoms with E-state index in [4.69, 9.17) is 13.8 Å². The molecule has 1 amide bonds. The van der Waals surface area contributed by atoms with Gasteiger partial charge in [0.15, 0.2) is 11.7 Å². The van der Waals surface area contributed by atoms with Crippen LogP contribution in [0.1, 0.15) is 48.5 Å². The van der Waals surface area contributed by atoms with Crippen LogP contribution in [0, 0.1) is 0 Å². The number of amides is 1. The smallest absolute Gasteiger partial charge is 0.287 e. The average molecular weight is 402 g/mol. The number of carbonyl (C=O) groups excluding carboxylic acids is 1. The van der Waals surface area contributed by atoms with Gasteiger partial charge in [0.25, 0.3) is 5.91 Å². The molecule has 0 aromatic carbocycles. The Morgan fingerprint density at radius 2 is 1.83 bits per heavy atom. The van der Waals surface area contributed by atoms with Crippen molar-refractivity contribution in [1.29, 1.82) is 0 Å². The molecule has 1 aliphatic heterocycles. The van der Waals surface area contributed by atoms with Crippen molar-refractivity contribution in [3.05, 3.63) is 48.3 Å². The van der Waals surface area contributed by atoms with Crippen LogP contribution in [0.15, 0.2) is 50.6 Å². The molecule has 3 heterocycles. The van der Waals surface area contributed by atoms with Crippen LogP contribution in [0.25, 0.3) is 0 Å². The Balaban J connectivity index is 1.52. The van der Waals surface area contributed by atoms with Gasteiger partial charge in [-0.25, -0.2) is 0 Å². The molecule has 3 N–H and O–H groups in total. The summed E-state index contributed by atoms with van der Waals surface area (Å²) in [5, 5.41) is 9.35. The highest BCUT2D eigenvalue weighted by Crippen LogP contribution is 2.25. The lowest BCUT2D eigenvalue weighted by atomic mass is 10.1. The predicted octanol–water partition coefficient (Wildman–Crippen LogP) is 2.38. The highest BCUT2D eigenvalue weighted by atomic mass is 16.3. The number of piperidine rings is 1. The first kappa shape index (κ1) is 21.0. The topological polar surface area (TPSA) is 95.0 Å². The first-order chi connectivity index (χ1) is 14.3. The first-order valence-corrected chi connectivity index (χ1v) is 10.4. The van der Waals surface area contributed by atoms with Crippen LogP contribution in [0.5, 0.6) is 0 Å². The number of guanidine groups is 1. The number of hydrogen-bond acceptors (Lipinski definition) is 5. The fourth-order valence-corrected chi connectivity index (χ4v) is 3.47. The number of nitrogens with zero attached hydrogens (tertiary/aromatic N) is 2. The second-order valence-corrected chi connectivity index (χ2v) is 7.01. The summed E-state index contributed by atoms with van der Waals surface area (Å²) < 4.78 is 10.8. The van der Waals surface area contributed by atoms with E-state index in [1.807, 2.05) is 19.1 Å². The molecular weight excluding hydrogens is 370 g/mol. The Bertz CT molecular complexity index is 736. The number of hydrogen-bond donors (Lipinski definition) is 3. The summed E-state index contributed by atoms with van der Waals surface area (Å²) in [4.78, 5) is 19.1. The van der Waals surface area contributed by atoms with E-state index < -0.39 is 0 Å². The van der Waals surface area contributed by atoms with Crippen molar-refractivity contribution in [3.63, 3.8) is 0 Å². The van der Waals surface area contributed by atoms with Crippen molar-refractivity contribution in [2.24, 2.45) is 4.99 Å². The molecule has 1 unspecified atom stereocenters. The molecule has 2 aromatic heterocycles. The fourth-order valence-electron chi connectivity index (χ4n) is 3.47. The van der Waals surface area contributed by atoms with Gasteiger partial charge in [-0.15, -0.1) is 0 Å². The summed E-state index contributed by atoms with van der Waals surface area (Å²) in [6.45, 7) is 6.59. The van der Waals surface area contributed by atoms with E-state index in [1.165, 1.54) is 25.5 Å². The minimum Gasteiger partial charge on any atom is -0.468 e. The largest absolute Gasteiger partial charge is 0.468 e. The summed E-state index contributed by atoms with van der Waals surface area (Å²) in [5.74, 6) is 1.78. The Labute approximate surface area is 171 Å². The summed E-state index contributed by atoms with van der Waals surface area (Å²) in [6.07, 6.45) is 6.93. The van der Waals surface area contributed by atoms with Crippen molar-refractivity contribution in [1.82, 2.24) is 20.9 Å². The minimum absolute atomic E-state index is 0.138. The molecule has 0 saturated carbocycles. The summed E-state index contributed by atoms with van der Waals surface area (Å²) in [5.41, 5.74) is 0. The lowest BCUT2D eigenvalue weighted by Crippen LogP contribution is -2.42. The average Bonchev–Trinajstić information content (AvgIpc) is 3.46. The molecule has 29 heavy (non-hydrogen) atoms. The van der Waals surface area contributed by atoms with Gasteiger partial charge in [0, 0.05) is 19.6 Å². The number of carbonyl (C=O) groups is 1. The molecule has 1 atom stereocenters. The Morgan fingerprint density at radius 1 is 1.07 bits per heavy atom. The number of rotatable bonds is 9. The Hall–Kier alpha value is -2.74. The molecule has 3 rings (SSSR count). The molecule has 0 aliphatic carbocycles. The van der Waals surface area contributed by atoms with Crippen molar-refractivity contribution >= 4 is 11.9 Å². The first-order valence-electron chi connectivity index (χ1n) is 10.4. The zero-order chi connectivity index (χ0) is 20.3. The lowest BCUT2D eigenvalue weighted by molar-refractivity contribution is 0.0926. The van der Waals surface area contributed by atoms with E-state index in [2.05, 4.69) is 20.9 Å². The molecular formula is C21H31N5O3. The van der Waals surface area contributed by atoms with E-state index in [0.717, 1.165) is 31.4 Å². The maximum absolute atomic E-state index is 11.9. The van der Waals surface area contributed by atoms with Gasteiger partial charge >= 0.3 is 0 Å². The highest BCUT2D eigenvalue weighted by Gasteiger charge is 2.24. The molecule has 0 radical (unpaired) electrons. The molecule has 8 nitrogen and oxygen atoms in total. The monoisotopic (exact) mass is 401 g/mol. The maximum Gasteiger partial charge on any atom is 0.287 e. The number of likely N-dealkylation sites (tertiary alicyclic amines) is 1. The standard InChI is InChI=1S/C21H31N5O3/c1-2-22-21(24-11-10-23-20(27)19-9-7-15-29-19)25-16-17(18-8-6-14-28-18)26-12-4-3-5-13-26/h6-9,14-15,17H,2-5,10-13,16H2,1H3,(H,23,27)(H2,22,24,25). The van der Waals surface area contributed by atoms with Crippen LogP contribution in [-0.4, -0.2) is 56.0 Å². The molecule has 2 aromatic rings. The molecule has 8 heteroatoms. The maximum atomic E-state index is 11.9. The minimum atomic E-state index is -0.221. The van der Waals surface area contributed by atoms with Crippen molar-refractivity contribution < 1.29 is 13.6 Å². The van der Waals surface area contributed by atoms with Gasteiger partial charge in [-0.2, -0.15) is 0 Å². The van der Waals surface area contributed by atoms with Gasteiger partial charge in [0.1, 0.15) is 5.76 Å². The van der Waals surface area contributed by atoms with Gasteiger partial charge < -0.3 is 24.8 Å². The van der Waals surface area contributed by atoms with Gasteiger partial charge in [-0.1, -0.05) is 6.42 Å². The molecule has 1 saturated heterocycles. The fraction of sp³-hybridized carbons (Fsp3) is 0.524. The third-order valence-electron chi connectivity index (χ3n) is 4.92. The number of furan rings is 2. The predicted molar refractivity (Wildman–Crippen MR) is 112 cm³/mol. The molecule has 0 spiro atoms. The zero-order valence-corrected chi connectivity index (χ0v) is 17.0. The van der Waals surface area contributed by atoms with Crippen molar-refractivity contribution in [2.75, 3.05) is 39.3 Å². The summed E-state index contributed by atoms with van der Waals surface area (Å²) in [7, 11) is 0. The third kappa shape index (κ3) is 6.39. The van der Waals surface area contributed by atoms with Crippen LogP contribution in [0.3, 0.4) is 0 Å². The molecule has 1 aliphatic rings. The van der Waals surface area contributed by atoms with Gasteiger partial charge in [-0.05, 0) is 57.1 Å². The van der Waals surface area contributed by atoms with E-state index in [0.29, 0.717) is 25.4 Å². The van der Waals surface area contributed by atoms with Crippen molar-refractivity contribution in [2.45, 2.75) is 32.2 Å². The second kappa shape index (κ2) is 11.3. The summed E-state index contributed by atoms with van der Waals surface area (Å²) in [6, 6.07) is 7.43. The SMILES string of the molecule is CCNC(=NCC(c1ccco1)N1CCCCC1)NCCNC(=O)c1ccco1. The normalized spacial score (nSPS) is 16.4. The highest BCUT2D eigenvalue weighted by molar-refractivity contribution is 5.91. The third-order valence-corrected chi connectivity index (χ3v) is 4.92. The van der Waals surface area contributed by atoms with Crippen LogP contribution in [-0.2, 0) is 0 Å². The van der Waals surface area contributed by atoms with E-state index in [-0.39, 0.29) is 11.9 Å². The van der Waals surface area contributed by atoms with Gasteiger partial charge in [0.05, 0.1) is 25.1 Å². The molecule has 1 fully saturated rings. The Morgan fingerprint density at radius 3 is 2.52 bits per heavy atom. The quantitative estimate of drug-likeness (QED) is 0.339. The lowest BCUT2D eigenvalue weighted by Gasteiger charge is -2.32. The summed E-state index contributed by atoms with van der Waals surface area (Å²) >= 11 is 0. The number of aliphatic imine (C=N–C) groups is 1. The van der Waals surface area contributed by atoms with E-state index >= 15 is 0 Å². The molecule has 158 valence electrons. The second-order valence-electron chi connectivity index (χ2n) is 7.01. The van der Waals surface area contributed by atoms with Crippen LogP contribution in [0.4, 0.5) is 0 Å². The van der Waals surface area contributed by atoms with Gasteiger partial charge in [0.2, 0.25) is 0 Å². The molecule has 0 bridgehead atoms. The van der Waals surface area contributed by atoms with E-state index in [1.54, 1.807) is 18.4 Å². The number of nitrogens with one attached hydrogen (secondary N) is 3. The van der Waals surface area contributed by atoms with Crippen LogP contribution < -0.4 is 16.0 Å².